The van der Waals surface area contributed by atoms with Crippen LogP contribution in [0.2, 0.25) is 0 Å². The van der Waals surface area contributed by atoms with E-state index in [2.05, 4.69) is 15.7 Å². The molecule has 0 saturated carbocycles. The molecule has 0 unspecified atom stereocenters. The summed E-state index contributed by atoms with van der Waals surface area (Å²) in [5.74, 6) is -0.0375. The number of nitrogens with one attached hydrogen (secondary N) is 2. The van der Waals surface area contributed by atoms with E-state index in [4.69, 9.17) is 4.74 Å². The first kappa shape index (κ1) is 20.5. The topological polar surface area (TPSA) is 85.2 Å². The Bertz CT molecular complexity index is 1140. The fourth-order valence-electron chi connectivity index (χ4n) is 3.35. The molecular formula is C21H17F3N4O3. The lowest BCUT2D eigenvalue weighted by atomic mass is 10.1. The molecule has 0 spiro atoms. The minimum atomic E-state index is -4.53. The van der Waals surface area contributed by atoms with Crippen molar-refractivity contribution in [3.05, 3.63) is 60.3 Å². The Hall–Kier alpha value is -3.82. The summed E-state index contributed by atoms with van der Waals surface area (Å²) in [7, 11) is 1.55. The fraction of sp³-hybridized carbons (Fsp3) is 0.190. The van der Waals surface area contributed by atoms with Gasteiger partial charge in [-0.2, -0.15) is 18.3 Å². The van der Waals surface area contributed by atoms with Gasteiger partial charge in [0.1, 0.15) is 17.6 Å². The number of alkyl halides is 3. The normalized spacial score (nSPS) is 15.7. The first-order valence-corrected chi connectivity index (χ1v) is 9.26. The van der Waals surface area contributed by atoms with Crippen molar-refractivity contribution in [3.63, 3.8) is 0 Å². The number of fused-ring (bicyclic) bond motifs is 1. The lowest BCUT2D eigenvalue weighted by molar-refractivity contribution is -0.137. The molecule has 1 aromatic heterocycles. The molecule has 0 aliphatic carbocycles. The van der Waals surface area contributed by atoms with Crippen LogP contribution in [-0.4, -0.2) is 28.7 Å². The van der Waals surface area contributed by atoms with Crippen LogP contribution in [0.4, 0.5) is 24.7 Å². The van der Waals surface area contributed by atoms with Crippen LogP contribution in [0.15, 0.2) is 54.7 Å². The van der Waals surface area contributed by atoms with Gasteiger partial charge in [-0.25, -0.2) is 4.68 Å². The van der Waals surface area contributed by atoms with Crippen molar-refractivity contribution >= 4 is 23.3 Å². The molecule has 1 aliphatic heterocycles. The number of rotatable bonds is 4. The van der Waals surface area contributed by atoms with Crippen LogP contribution >= 0.6 is 0 Å². The Kier molecular flexibility index (Phi) is 5.14. The minimum Gasteiger partial charge on any atom is -0.497 e. The Balaban J connectivity index is 1.62. The Morgan fingerprint density at radius 1 is 1.23 bits per heavy atom. The molecule has 0 radical (unpaired) electrons. The SMILES string of the molecule is COc1ccc(-c2cnn3c2NC(=O)C[C@@H]3C(=O)Nc2cccc(C(F)(F)F)c2)cc1. The summed E-state index contributed by atoms with van der Waals surface area (Å²) >= 11 is 0. The molecule has 2 N–H and O–H groups in total. The fourth-order valence-corrected chi connectivity index (χ4v) is 3.35. The zero-order valence-electron chi connectivity index (χ0n) is 16.2. The third kappa shape index (κ3) is 4.09. The van der Waals surface area contributed by atoms with Gasteiger partial charge in [0.15, 0.2) is 0 Å². The smallest absolute Gasteiger partial charge is 0.416 e. The van der Waals surface area contributed by atoms with Gasteiger partial charge in [-0.3, -0.25) is 9.59 Å². The molecule has 1 atom stereocenters. The highest BCUT2D eigenvalue weighted by molar-refractivity contribution is 6.03. The molecule has 31 heavy (non-hydrogen) atoms. The highest BCUT2D eigenvalue weighted by Crippen LogP contribution is 2.35. The van der Waals surface area contributed by atoms with E-state index in [0.29, 0.717) is 17.1 Å². The summed E-state index contributed by atoms with van der Waals surface area (Å²) in [6.07, 6.45) is -3.21. The first-order chi connectivity index (χ1) is 14.8. The average molecular weight is 430 g/mol. The van der Waals surface area contributed by atoms with E-state index in [-0.39, 0.29) is 12.1 Å². The molecule has 4 rings (SSSR count). The van der Waals surface area contributed by atoms with Crippen molar-refractivity contribution in [2.45, 2.75) is 18.6 Å². The maximum absolute atomic E-state index is 12.9. The van der Waals surface area contributed by atoms with E-state index in [0.717, 1.165) is 17.7 Å². The molecule has 2 heterocycles. The van der Waals surface area contributed by atoms with Crippen molar-refractivity contribution in [1.82, 2.24) is 9.78 Å². The molecule has 0 fully saturated rings. The van der Waals surface area contributed by atoms with Crippen LogP contribution in [0.3, 0.4) is 0 Å². The highest BCUT2D eigenvalue weighted by Gasteiger charge is 2.34. The summed E-state index contributed by atoms with van der Waals surface area (Å²) in [6.45, 7) is 0. The first-order valence-electron chi connectivity index (χ1n) is 9.26. The van der Waals surface area contributed by atoms with E-state index in [1.807, 2.05) is 0 Å². The number of carbonyl (C=O) groups is 2. The summed E-state index contributed by atoms with van der Waals surface area (Å²) in [6, 6.07) is 10.4. The van der Waals surface area contributed by atoms with E-state index in [1.54, 1.807) is 31.4 Å². The molecule has 2 aromatic carbocycles. The highest BCUT2D eigenvalue weighted by atomic mass is 19.4. The lowest BCUT2D eigenvalue weighted by Gasteiger charge is -2.24. The van der Waals surface area contributed by atoms with Crippen molar-refractivity contribution in [1.29, 1.82) is 0 Å². The van der Waals surface area contributed by atoms with Crippen molar-refractivity contribution in [2.75, 3.05) is 17.7 Å². The molecule has 0 bridgehead atoms. The van der Waals surface area contributed by atoms with Crippen LogP contribution in [-0.2, 0) is 15.8 Å². The van der Waals surface area contributed by atoms with Gasteiger partial charge in [-0.1, -0.05) is 18.2 Å². The van der Waals surface area contributed by atoms with E-state index < -0.39 is 29.6 Å². The standard InChI is InChI=1S/C21H17F3N4O3/c1-31-15-7-5-12(6-8-15)16-11-25-28-17(10-18(29)27-19(16)28)20(30)26-14-4-2-3-13(9-14)21(22,23)24/h2-9,11,17H,10H2,1H3,(H,26,30)(H,27,29)/t17-/m1/s1. The number of amides is 2. The largest absolute Gasteiger partial charge is 0.497 e. The number of carbonyl (C=O) groups excluding carboxylic acids is 2. The number of halogens is 3. The second kappa shape index (κ2) is 7.78. The van der Waals surface area contributed by atoms with Crippen molar-refractivity contribution in [3.8, 4) is 16.9 Å². The molecule has 1 aliphatic rings. The Morgan fingerprint density at radius 2 is 1.97 bits per heavy atom. The predicted molar refractivity (Wildman–Crippen MR) is 107 cm³/mol. The van der Waals surface area contributed by atoms with Crippen LogP contribution in [0.25, 0.3) is 11.1 Å². The summed E-state index contributed by atoms with van der Waals surface area (Å²) < 4.78 is 45.3. The van der Waals surface area contributed by atoms with Crippen molar-refractivity contribution < 1.29 is 27.5 Å². The van der Waals surface area contributed by atoms with E-state index >= 15 is 0 Å². The van der Waals surface area contributed by atoms with Gasteiger partial charge in [0.25, 0.3) is 0 Å². The molecule has 3 aromatic rings. The molecular weight excluding hydrogens is 413 g/mol. The third-order valence-corrected chi connectivity index (χ3v) is 4.89. The van der Waals surface area contributed by atoms with Crippen LogP contribution < -0.4 is 15.4 Å². The second-order valence-corrected chi connectivity index (χ2v) is 6.92. The minimum absolute atomic E-state index is 0.0186. The van der Waals surface area contributed by atoms with Gasteiger partial charge in [-0.05, 0) is 35.9 Å². The number of methoxy groups -OCH3 is 1. The molecule has 160 valence electrons. The van der Waals surface area contributed by atoms with E-state index in [1.165, 1.54) is 23.0 Å². The number of hydrogen-bond acceptors (Lipinski definition) is 4. The zero-order chi connectivity index (χ0) is 22.2. The number of aromatic nitrogens is 2. The summed E-state index contributed by atoms with van der Waals surface area (Å²) in [5.41, 5.74) is 0.456. The number of nitrogens with zero attached hydrogens (tertiary/aromatic N) is 2. The Labute approximate surface area is 174 Å². The van der Waals surface area contributed by atoms with Gasteiger partial charge in [0, 0.05) is 11.3 Å². The van der Waals surface area contributed by atoms with Crippen molar-refractivity contribution in [2.24, 2.45) is 0 Å². The van der Waals surface area contributed by atoms with E-state index in [9.17, 15) is 22.8 Å². The monoisotopic (exact) mass is 430 g/mol. The number of hydrogen-bond donors (Lipinski definition) is 2. The van der Waals surface area contributed by atoms with Crippen LogP contribution in [0, 0.1) is 0 Å². The van der Waals surface area contributed by atoms with Gasteiger partial charge >= 0.3 is 6.18 Å². The van der Waals surface area contributed by atoms with Gasteiger partial charge in [-0.15, -0.1) is 0 Å². The van der Waals surface area contributed by atoms with Gasteiger partial charge in [0.05, 0.1) is 25.3 Å². The number of benzene rings is 2. The summed E-state index contributed by atoms with van der Waals surface area (Å²) in [4.78, 5) is 25.1. The van der Waals surface area contributed by atoms with Crippen LogP contribution in [0.5, 0.6) is 5.75 Å². The maximum Gasteiger partial charge on any atom is 0.416 e. The quantitative estimate of drug-likeness (QED) is 0.653. The molecule has 0 saturated heterocycles. The van der Waals surface area contributed by atoms with Gasteiger partial charge < -0.3 is 15.4 Å². The summed E-state index contributed by atoms with van der Waals surface area (Å²) in [5, 5.41) is 9.41. The third-order valence-electron chi connectivity index (χ3n) is 4.89. The lowest BCUT2D eigenvalue weighted by Crippen LogP contribution is -2.35. The average Bonchev–Trinajstić information content (AvgIpc) is 3.16. The number of anilines is 2. The maximum atomic E-state index is 12.9. The number of ether oxygens (including phenoxy) is 1. The zero-order valence-corrected chi connectivity index (χ0v) is 16.2. The molecule has 10 heteroatoms. The van der Waals surface area contributed by atoms with Gasteiger partial charge in [0.2, 0.25) is 11.8 Å². The van der Waals surface area contributed by atoms with Crippen LogP contribution in [0.1, 0.15) is 18.0 Å². The molecule has 2 amide bonds. The second-order valence-electron chi connectivity index (χ2n) is 6.92. The Morgan fingerprint density at radius 3 is 2.65 bits per heavy atom. The molecule has 7 nitrogen and oxygen atoms in total. The predicted octanol–water partition coefficient (Wildman–Crippen LogP) is 4.10.